The highest BCUT2D eigenvalue weighted by atomic mass is 79.9. The third-order valence-corrected chi connectivity index (χ3v) is 7.03. The number of hydrogen-bond donors (Lipinski definition) is 2. The van der Waals surface area contributed by atoms with Gasteiger partial charge in [0.05, 0.1) is 4.91 Å². The Morgan fingerprint density at radius 3 is 2.35 bits per heavy atom. The number of carbonyl (C=O) groups is 2. The van der Waals surface area contributed by atoms with Crippen LogP contribution < -0.4 is 5.32 Å². The minimum atomic E-state index is -1.58. The van der Waals surface area contributed by atoms with E-state index in [1.807, 2.05) is 5.41 Å². The zero-order valence-corrected chi connectivity index (χ0v) is 13.3. The molecule has 0 saturated heterocycles. The molecule has 17 heavy (non-hydrogen) atoms. The number of aliphatic carboxylic acids is 1. The fourth-order valence-corrected chi connectivity index (χ4v) is 4.58. The van der Waals surface area contributed by atoms with Crippen LogP contribution in [0, 0.1) is 5.92 Å². The van der Waals surface area contributed by atoms with Crippen LogP contribution in [0.4, 0.5) is 0 Å². The van der Waals surface area contributed by atoms with Gasteiger partial charge in [-0.2, -0.15) is 0 Å². The highest BCUT2D eigenvalue weighted by molar-refractivity contribution is 9.92. The van der Waals surface area contributed by atoms with Crippen LogP contribution in [0.3, 0.4) is 0 Å². The van der Waals surface area contributed by atoms with Crippen LogP contribution >= 0.6 is 36.5 Å². The van der Waals surface area contributed by atoms with E-state index in [9.17, 15) is 9.59 Å². The Hall–Kier alpha value is -0.270. The van der Waals surface area contributed by atoms with Crippen molar-refractivity contribution in [3.63, 3.8) is 0 Å². The normalized spacial score (nSPS) is 20.9. The molecule has 0 aliphatic carbocycles. The van der Waals surface area contributed by atoms with Crippen molar-refractivity contribution in [1.29, 1.82) is 0 Å². The van der Waals surface area contributed by atoms with Gasteiger partial charge in [-0.1, -0.05) is 26.8 Å². The Balaban J connectivity index is 2.77. The maximum atomic E-state index is 12.0. The van der Waals surface area contributed by atoms with Crippen LogP contribution in [0.1, 0.15) is 13.8 Å². The van der Waals surface area contributed by atoms with Gasteiger partial charge in [-0.25, -0.2) is 4.79 Å². The van der Waals surface area contributed by atoms with E-state index in [0.29, 0.717) is 4.91 Å². The summed E-state index contributed by atoms with van der Waals surface area (Å²) in [7, 11) is 0. The molecule has 4 nitrogen and oxygen atoms in total. The Kier molecular flexibility index (Phi) is 4.86. The fraction of sp³-hybridized carbons (Fsp3) is 0.400. The standard InChI is InChI=1S/C10H13Br2NO3S/c1-6(2)8(10(15)16)13-9(14)7-4-3-5-17(7,11)12/h3-6,8H,1-2H3,(H,13,14)(H,15,16)/t8-/m0/s1. The van der Waals surface area contributed by atoms with Crippen LogP contribution in [0.25, 0.3) is 0 Å². The Labute approximate surface area is 116 Å². The van der Waals surface area contributed by atoms with Gasteiger partial charge in [-0.15, -0.1) is 0 Å². The smallest absolute Gasteiger partial charge is 0.326 e. The van der Waals surface area contributed by atoms with Crippen molar-refractivity contribution < 1.29 is 14.7 Å². The molecule has 1 atom stereocenters. The van der Waals surface area contributed by atoms with E-state index in [0.717, 1.165) is 0 Å². The van der Waals surface area contributed by atoms with Crippen molar-refractivity contribution in [1.82, 2.24) is 5.32 Å². The number of nitrogens with one attached hydrogen (secondary N) is 1. The molecule has 96 valence electrons. The summed E-state index contributed by atoms with van der Waals surface area (Å²) in [4.78, 5) is 23.5. The Morgan fingerprint density at radius 1 is 1.41 bits per heavy atom. The first kappa shape index (κ1) is 14.8. The molecule has 0 radical (unpaired) electrons. The lowest BCUT2D eigenvalue weighted by Gasteiger charge is -2.24. The summed E-state index contributed by atoms with van der Waals surface area (Å²) < 4.78 is 0. The summed E-state index contributed by atoms with van der Waals surface area (Å²) >= 11 is 6.82. The van der Waals surface area contributed by atoms with Gasteiger partial charge >= 0.3 is 5.97 Å². The maximum absolute atomic E-state index is 12.0. The third kappa shape index (κ3) is 3.59. The molecule has 1 rings (SSSR count). The van der Waals surface area contributed by atoms with E-state index in [2.05, 4.69) is 34.9 Å². The predicted octanol–water partition coefficient (Wildman–Crippen LogP) is 3.05. The monoisotopic (exact) mass is 385 g/mol. The largest absolute Gasteiger partial charge is 0.480 e. The second kappa shape index (κ2) is 5.58. The summed E-state index contributed by atoms with van der Waals surface area (Å²) in [5.41, 5.74) is 0. The SMILES string of the molecule is CC(C)[C@H](NC(=O)C1=CC=CS1(Br)Br)C(=O)O. The van der Waals surface area contributed by atoms with Gasteiger partial charge in [0, 0.05) is 0 Å². The number of allylic oxidation sites excluding steroid dienone is 2. The van der Waals surface area contributed by atoms with Crippen LogP contribution in [0.15, 0.2) is 22.5 Å². The molecule has 7 heteroatoms. The van der Waals surface area contributed by atoms with Gasteiger partial charge in [0.15, 0.2) is 0 Å². The molecule has 0 aromatic heterocycles. The number of rotatable bonds is 4. The summed E-state index contributed by atoms with van der Waals surface area (Å²) in [5.74, 6) is -1.55. The maximum Gasteiger partial charge on any atom is 0.326 e. The van der Waals surface area contributed by atoms with Gasteiger partial charge in [0.1, 0.15) is 6.04 Å². The van der Waals surface area contributed by atoms with Crippen molar-refractivity contribution in [3.05, 3.63) is 22.5 Å². The number of carboxylic acids is 1. The molecule has 2 N–H and O–H groups in total. The van der Waals surface area contributed by atoms with E-state index < -0.39 is 18.9 Å². The summed E-state index contributed by atoms with van der Waals surface area (Å²) in [6, 6.07) is -0.876. The molecule has 1 amide bonds. The van der Waals surface area contributed by atoms with Crippen LogP contribution in [0.2, 0.25) is 0 Å². The number of amides is 1. The van der Waals surface area contributed by atoms with Crippen molar-refractivity contribution in [3.8, 4) is 0 Å². The van der Waals surface area contributed by atoms with Crippen molar-refractivity contribution in [2.45, 2.75) is 19.9 Å². The molecule has 0 aromatic carbocycles. The molecular weight excluding hydrogens is 374 g/mol. The second-order valence-electron chi connectivity index (χ2n) is 3.90. The topological polar surface area (TPSA) is 66.4 Å². The van der Waals surface area contributed by atoms with Crippen LogP contribution in [-0.2, 0) is 9.59 Å². The Bertz CT molecular complexity index is 404. The van der Waals surface area contributed by atoms with Crippen LogP contribution in [0.5, 0.6) is 0 Å². The number of carboxylic acid groups (broad SMARTS) is 1. The van der Waals surface area contributed by atoms with E-state index in [1.54, 1.807) is 26.0 Å². The fourth-order valence-electron chi connectivity index (χ4n) is 1.31. The Morgan fingerprint density at radius 2 is 2.00 bits per heavy atom. The molecular formula is C10H13Br2NO3S. The van der Waals surface area contributed by atoms with E-state index in [-0.39, 0.29) is 11.8 Å². The molecule has 1 aliphatic rings. The van der Waals surface area contributed by atoms with Gasteiger partial charge in [0.2, 0.25) is 0 Å². The van der Waals surface area contributed by atoms with Crippen molar-refractivity contribution in [2.75, 3.05) is 0 Å². The predicted molar refractivity (Wildman–Crippen MR) is 77.1 cm³/mol. The molecule has 0 unspecified atom stereocenters. The molecule has 1 heterocycles. The second-order valence-corrected chi connectivity index (χ2v) is 14.4. The van der Waals surface area contributed by atoms with E-state index in [4.69, 9.17) is 5.11 Å². The molecule has 0 spiro atoms. The van der Waals surface area contributed by atoms with E-state index in [1.165, 1.54) is 0 Å². The zero-order valence-electron chi connectivity index (χ0n) is 9.31. The average Bonchev–Trinajstić information content (AvgIpc) is 2.53. The first-order valence-corrected chi connectivity index (χ1v) is 10.3. The summed E-state index contributed by atoms with van der Waals surface area (Å²) in [5, 5.41) is 13.4. The van der Waals surface area contributed by atoms with Crippen molar-refractivity contribution >= 4 is 48.4 Å². The third-order valence-electron chi connectivity index (χ3n) is 2.23. The van der Waals surface area contributed by atoms with Crippen molar-refractivity contribution in [2.24, 2.45) is 5.92 Å². The van der Waals surface area contributed by atoms with Gasteiger partial charge < -0.3 is 10.4 Å². The lowest BCUT2D eigenvalue weighted by atomic mass is 10.0. The lowest BCUT2D eigenvalue weighted by molar-refractivity contribution is -0.142. The van der Waals surface area contributed by atoms with E-state index >= 15 is 0 Å². The molecule has 0 bridgehead atoms. The van der Waals surface area contributed by atoms with Gasteiger partial charge in [-0.05, 0) is 47.0 Å². The molecule has 0 saturated carbocycles. The van der Waals surface area contributed by atoms with Gasteiger partial charge in [-0.3, -0.25) is 4.79 Å². The van der Waals surface area contributed by atoms with Crippen LogP contribution in [-0.4, -0.2) is 23.0 Å². The minimum Gasteiger partial charge on any atom is -0.480 e. The molecule has 1 aliphatic heterocycles. The molecule has 0 aromatic rings. The minimum absolute atomic E-state index is 0.165. The number of carbonyl (C=O) groups excluding carboxylic acids is 1. The average molecular weight is 387 g/mol. The summed E-state index contributed by atoms with van der Waals surface area (Å²) in [6.07, 6.45) is 3.44. The quantitative estimate of drug-likeness (QED) is 0.780. The molecule has 0 fully saturated rings. The number of halogens is 2. The number of hydrogen-bond acceptors (Lipinski definition) is 2. The van der Waals surface area contributed by atoms with Gasteiger partial charge in [0.25, 0.3) is 5.91 Å². The summed E-state index contributed by atoms with van der Waals surface area (Å²) in [6.45, 7) is 1.92. The first-order valence-electron chi connectivity index (χ1n) is 4.90. The lowest BCUT2D eigenvalue weighted by Crippen LogP contribution is -2.44. The highest BCUT2D eigenvalue weighted by Gasteiger charge is 2.32. The zero-order chi connectivity index (χ0) is 13.2. The first-order chi connectivity index (χ1) is 7.75. The highest BCUT2D eigenvalue weighted by Crippen LogP contribution is 2.72.